The zero-order chi connectivity index (χ0) is 14.8. The number of nitrogens with zero attached hydrogens (tertiary/aromatic N) is 3. The van der Waals surface area contributed by atoms with E-state index in [0.717, 1.165) is 12.8 Å². The van der Waals surface area contributed by atoms with E-state index >= 15 is 0 Å². The van der Waals surface area contributed by atoms with Crippen LogP contribution in [0, 0.1) is 11.3 Å². The van der Waals surface area contributed by atoms with E-state index in [0.29, 0.717) is 0 Å². The molecule has 0 saturated heterocycles. The number of hydrogen-bond acceptors (Lipinski definition) is 3. The van der Waals surface area contributed by atoms with Crippen molar-refractivity contribution in [2.24, 2.45) is 10.2 Å². The number of unbranched alkanes of at least 4 members (excludes halogenated alkanes) is 6. The minimum Gasteiger partial charge on any atom is -0.196 e. The van der Waals surface area contributed by atoms with E-state index in [2.05, 4.69) is 23.2 Å². The molecule has 0 aliphatic carbocycles. The molecule has 1 atom stereocenters. The van der Waals surface area contributed by atoms with Gasteiger partial charge in [0.25, 0.3) is 0 Å². The Balaban J connectivity index is 3.93. The molecule has 0 heterocycles. The highest BCUT2D eigenvalue weighted by Crippen LogP contribution is 2.22. The zero-order valence-corrected chi connectivity index (χ0v) is 13.5. The molecule has 1 unspecified atom stereocenters. The van der Waals surface area contributed by atoms with Crippen molar-refractivity contribution in [3.05, 3.63) is 0 Å². The molecular weight excluding hydrogens is 234 g/mol. The van der Waals surface area contributed by atoms with Gasteiger partial charge in [-0.1, -0.05) is 45.4 Å². The summed E-state index contributed by atoms with van der Waals surface area (Å²) in [6.07, 6.45) is 9.66. The molecule has 0 radical (unpaired) electrons. The summed E-state index contributed by atoms with van der Waals surface area (Å²) in [6.45, 7) is 10.1. The zero-order valence-electron chi connectivity index (χ0n) is 13.5. The van der Waals surface area contributed by atoms with Crippen LogP contribution in [0.5, 0.6) is 0 Å². The van der Waals surface area contributed by atoms with Crippen LogP contribution in [0.2, 0.25) is 0 Å². The largest absolute Gasteiger partial charge is 0.196 e. The van der Waals surface area contributed by atoms with Gasteiger partial charge >= 0.3 is 0 Å². The Kier molecular flexibility index (Phi) is 8.63. The molecular formula is C16H31N3. The average molecular weight is 265 g/mol. The molecule has 0 bridgehead atoms. The first-order chi connectivity index (χ1) is 8.83. The summed E-state index contributed by atoms with van der Waals surface area (Å²) < 4.78 is 0. The SMILES string of the molecule is CCCCCCCCCC(C)(C#N)/N=N/C(C)(C)C. The topological polar surface area (TPSA) is 48.5 Å². The Bertz CT molecular complexity index is 296. The van der Waals surface area contributed by atoms with Crippen LogP contribution in [0.4, 0.5) is 0 Å². The van der Waals surface area contributed by atoms with Crippen LogP contribution in [0.15, 0.2) is 10.2 Å². The smallest absolute Gasteiger partial charge is 0.164 e. The van der Waals surface area contributed by atoms with Crippen LogP contribution in [0.25, 0.3) is 0 Å². The highest BCUT2D eigenvalue weighted by Gasteiger charge is 2.23. The first-order valence-corrected chi connectivity index (χ1v) is 7.68. The lowest BCUT2D eigenvalue weighted by Crippen LogP contribution is -2.20. The lowest BCUT2D eigenvalue weighted by molar-refractivity contribution is 0.437. The number of rotatable bonds is 9. The molecule has 0 aliphatic rings. The molecule has 110 valence electrons. The summed E-state index contributed by atoms with van der Waals surface area (Å²) in [5.41, 5.74) is -0.838. The third kappa shape index (κ3) is 10.7. The highest BCUT2D eigenvalue weighted by molar-refractivity contribution is 5.03. The normalized spacial score (nSPS) is 15.4. The predicted molar refractivity (Wildman–Crippen MR) is 81.2 cm³/mol. The van der Waals surface area contributed by atoms with Crippen molar-refractivity contribution in [3.8, 4) is 6.07 Å². The Labute approximate surface area is 119 Å². The maximum absolute atomic E-state index is 9.25. The van der Waals surface area contributed by atoms with E-state index in [9.17, 15) is 5.26 Å². The number of azo groups is 1. The minimum absolute atomic E-state index is 0.196. The second-order valence-electron chi connectivity index (χ2n) is 6.63. The predicted octanol–water partition coefficient (Wildman–Crippen LogP) is 5.66. The first kappa shape index (κ1) is 18.1. The number of nitriles is 1. The van der Waals surface area contributed by atoms with Gasteiger partial charge in [0.1, 0.15) is 0 Å². The quantitative estimate of drug-likeness (QED) is 0.392. The van der Waals surface area contributed by atoms with E-state index in [-0.39, 0.29) is 5.54 Å². The van der Waals surface area contributed by atoms with E-state index in [1.54, 1.807) is 0 Å². The van der Waals surface area contributed by atoms with Gasteiger partial charge in [-0.3, -0.25) is 0 Å². The van der Waals surface area contributed by atoms with Crippen LogP contribution in [-0.4, -0.2) is 11.1 Å². The molecule has 0 fully saturated rings. The Morgan fingerprint density at radius 1 is 0.842 bits per heavy atom. The standard InChI is InChI=1S/C16H31N3/c1-6-7-8-9-10-11-12-13-16(5,14-17)19-18-15(2,3)4/h6-13H2,1-5H3/b19-18+. The van der Waals surface area contributed by atoms with Gasteiger partial charge in [-0.15, -0.1) is 0 Å². The molecule has 0 saturated carbocycles. The molecule has 3 nitrogen and oxygen atoms in total. The van der Waals surface area contributed by atoms with E-state index in [1.165, 1.54) is 38.5 Å². The molecule has 0 aromatic rings. The van der Waals surface area contributed by atoms with Crippen LogP contribution >= 0.6 is 0 Å². The van der Waals surface area contributed by atoms with Gasteiger partial charge in [0, 0.05) is 0 Å². The lowest BCUT2D eigenvalue weighted by Gasteiger charge is -2.18. The third-order valence-corrected chi connectivity index (χ3v) is 3.08. The van der Waals surface area contributed by atoms with Gasteiger partial charge in [-0.05, 0) is 40.5 Å². The lowest BCUT2D eigenvalue weighted by atomic mass is 9.96. The molecule has 19 heavy (non-hydrogen) atoms. The van der Waals surface area contributed by atoms with Crippen LogP contribution < -0.4 is 0 Å². The van der Waals surface area contributed by atoms with Gasteiger partial charge in [0.2, 0.25) is 0 Å². The summed E-state index contributed by atoms with van der Waals surface area (Å²) >= 11 is 0. The summed E-state index contributed by atoms with van der Waals surface area (Å²) in [5.74, 6) is 0. The van der Waals surface area contributed by atoms with E-state index in [4.69, 9.17) is 0 Å². The molecule has 0 rings (SSSR count). The summed E-state index contributed by atoms with van der Waals surface area (Å²) in [6, 6.07) is 2.30. The molecule has 0 spiro atoms. The third-order valence-electron chi connectivity index (χ3n) is 3.08. The fourth-order valence-corrected chi connectivity index (χ4v) is 1.81. The van der Waals surface area contributed by atoms with Crippen molar-refractivity contribution in [1.29, 1.82) is 5.26 Å². The second-order valence-corrected chi connectivity index (χ2v) is 6.63. The van der Waals surface area contributed by atoms with Crippen molar-refractivity contribution < 1.29 is 0 Å². The van der Waals surface area contributed by atoms with Crippen molar-refractivity contribution in [1.82, 2.24) is 0 Å². The average Bonchev–Trinajstić information content (AvgIpc) is 2.35. The maximum atomic E-state index is 9.25. The first-order valence-electron chi connectivity index (χ1n) is 7.68. The monoisotopic (exact) mass is 265 g/mol. The van der Waals surface area contributed by atoms with Gasteiger partial charge in [-0.2, -0.15) is 15.5 Å². The fraction of sp³-hybridized carbons (Fsp3) is 0.938. The maximum Gasteiger partial charge on any atom is 0.164 e. The van der Waals surface area contributed by atoms with Crippen LogP contribution in [0.1, 0.15) is 86.0 Å². The Hall–Kier alpha value is -0.910. The summed E-state index contributed by atoms with van der Waals surface area (Å²) in [4.78, 5) is 0. The van der Waals surface area contributed by atoms with Gasteiger partial charge in [0.15, 0.2) is 5.54 Å². The molecule has 0 amide bonds. The van der Waals surface area contributed by atoms with E-state index in [1.807, 2.05) is 27.7 Å². The van der Waals surface area contributed by atoms with Crippen molar-refractivity contribution in [3.63, 3.8) is 0 Å². The molecule has 0 aliphatic heterocycles. The molecule has 0 aromatic heterocycles. The molecule has 3 heteroatoms. The Morgan fingerprint density at radius 2 is 1.37 bits per heavy atom. The van der Waals surface area contributed by atoms with Gasteiger partial charge in [-0.25, -0.2) is 0 Å². The number of hydrogen-bond donors (Lipinski definition) is 0. The van der Waals surface area contributed by atoms with Gasteiger partial charge < -0.3 is 0 Å². The molecule has 0 aromatic carbocycles. The van der Waals surface area contributed by atoms with Crippen molar-refractivity contribution >= 4 is 0 Å². The fourth-order valence-electron chi connectivity index (χ4n) is 1.81. The minimum atomic E-state index is -0.642. The highest BCUT2D eigenvalue weighted by atomic mass is 15.2. The van der Waals surface area contributed by atoms with Crippen molar-refractivity contribution in [2.45, 2.75) is 97.1 Å². The van der Waals surface area contributed by atoms with Crippen LogP contribution in [0.3, 0.4) is 0 Å². The Morgan fingerprint density at radius 3 is 1.84 bits per heavy atom. The van der Waals surface area contributed by atoms with Crippen molar-refractivity contribution in [2.75, 3.05) is 0 Å². The van der Waals surface area contributed by atoms with Gasteiger partial charge in [0.05, 0.1) is 11.6 Å². The summed E-state index contributed by atoms with van der Waals surface area (Å²) in [5, 5.41) is 17.7. The molecule has 0 N–H and O–H groups in total. The second kappa shape index (κ2) is 9.07. The summed E-state index contributed by atoms with van der Waals surface area (Å²) in [7, 11) is 0. The van der Waals surface area contributed by atoms with Crippen LogP contribution in [-0.2, 0) is 0 Å². The van der Waals surface area contributed by atoms with E-state index < -0.39 is 5.54 Å².